The molecule has 228 valence electrons. The summed E-state index contributed by atoms with van der Waals surface area (Å²) < 4.78 is 6.36. The lowest BCUT2D eigenvalue weighted by molar-refractivity contribution is 0.669. The van der Waals surface area contributed by atoms with Crippen molar-refractivity contribution in [3.8, 4) is 44.5 Å². The lowest BCUT2D eigenvalue weighted by atomic mass is 9.85. The highest BCUT2D eigenvalue weighted by atomic mass is 16.3. The van der Waals surface area contributed by atoms with Gasteiger partial charge in [0.15, 0.2) is 0 Å². The zero-order valence-corrected chi connectivity index (χ0v) is 26.7. The van der Waals surface area contributed by atoms with Gasteiger partial charge in [-0.3, -0.25) is 0 Å². The number of furan rings is 1. The van der Waals surface area contributed by atoms with E-state index in [9.17, 15) is 0 Å². The summed E-state index contributed by atoms with van der Waals surface area (Å²) in [6, 6.07) is 65.8. The van der Waals surface area contributed by atoms with Gasteiger partial charge in [0.05, 0.1) is 0 Å². The smallest absolute Gasteiger partial charge is 0.135 e. The van der Waals surface area contributed by atoms with E-state index in [1.165, 1.54) is 76.8 Å². The summed E-state index contributed by atoms with van der Waals surface area (Å²) in [5, 5.41) is 9.76. The van der Waals surface area contributed by atoms with Crippen LogP contribution < -0.4 is 0 Å². The number of hydrogen-bond acceptors (Lipinski definition) is 1. The van der Waals surface area contributed by atoms with Gasteiger partial charge in [0.25, 0.3) is 0 Å². The van der Waals surface area contributed by atoms with Gasteiger partial charge in [0.1, 0.15) is 11.2 Å². The van der Waals surface area contributed by atoms with Crippen molar-refractivity contribution in [1.29, 1.82) is 0 Å². The van der Waals surface area contributed by atoms with Crippen LogP contribution in [0.5, 0.6) is 0 Å². The van der Waals surface area contributed by atoms with E-state index in [-0.39, 0.29) is 0 Å². The van der Waals surface area contributed by atoms with Crippen LogP contribution in [0.3, 0.4) is 0 Å². The van der Waals surface area contributed by atoms with Crippen LogP contribution >= 0.6 is 0 Å². The Kier molecular flexibility index (Phi) is 6.25. The molecule has 1 heterocycles. The zero-order valence-electron chi connectivity index (χ0n) is 26.7. The van der Waals surface area contributed by atoms with E-state index >= 15 is 0 Å². The summed E-state index contributed by atoms with van der Waals surface area (Å²) in [5.74, 6) is 0. The van der Waals surface area contributed by atoms with Crippen molar-refractivity contribution in [2.45, 2.75) is 0 Å². The third-order valence-corrected chi connectivity index (χ3v) is 10.0. The van der Waals surface area contributed by atoms with Crippen molar-refractivity contribution in [2.24, 2.45) is 0 Å². The third kappa shape index (κ3) is 4.47. The average Bonchev–Trinajstić information content (AvgIpc) is 3.54. The van der Waals surface area contributed by atoms with Crippen LogP contribution in [-0.4, -0.2) is 0 Å². The van der Waals surface area contributed by atoms with Crippen LogP contribution in [0.4, 0.5) is 0 Å². The Bertz CT molecular complexity index is 2810. The topological polar surface area (TPSA) is 13.1 Å². The molecule has 0 spiro atoms. The Morgan fingerprint density at radius 1 is 0.265 bits per heavy atom. The van der Waals surface area contributed by atoms with Gasteiger partial charge in [0.2, 0.25) is 0 Å². The van der Waals surface area contributed by atoms with Gasteiger partial charge in [-0.15, -0.1) is 0 Å². The van der Waals surface area contributed by atoms with E-state index < -0.39 is 0 Å². The number of rotatable bonds is 4. The highest BCUT2D eigenvalue weighted by molar-refractivity contribution is 6.22. The Morgan fingerprint density at radius 2 is 0.735 bits per heavy atom. The maximum absolute atomic E-state index is 6.36. The fraction of sp³-hybridized carbons (Fsp3) is 0. The normalized spacial score (nSPS) is 11.7. The molecule has 1 aromatic heterocycles. The lowest BCUT2D eigenvalue weighted by Crippen LogP contribution is -1.91. The zero-order chi connectivity index (χ0) is 32.3. The molecule has 10 rings (SSSR count). The minimum absolute atomic E-state index is 0.902. The molecule has 0 aliphatic carbocycles. The second-order valence-corrected chi connectivity index (χ2v) is 12.8. The minimum Gasteiger partial charge on any atom is -0.456 e. The second kappa shape index (κ2) is 11.1. The largest absolute Gasteiger partial charge is 0.456 e. The molecule has 0 bridgehead atoms. The molecule has 0 saturated carbocycles. The summed E-state index contributed by atoms with van der Waals surface area (Å²) in [7, 11) is 0. The van der Waals surface area contributed by atoms with Crippen LogP contribution in [0, 0.1) is 0 Å². The summed E-state index contributed by atoms with van der Waals surface area (Å²) >= 11 is 0. The Labute approximate surface area is 284 Å². The van der Waals surface area contributed by atoms with E-state index in [1.807, 2.05) is 0 Å². The maximum atomic E-state index is 6.36. The molecule has 0 fully saturated rings. The molecule has 0 amide bonds. The van der Waals surface area contributed by atoms with Gasteiger partial charge in [-0.1, -0.05) is 152 Å². The molecule has 0 N–H and O–H groups in total. The molecule has 0 atom stereocenters. The van der Waals surface area contributed by atoms with Crippen LogP contribution in [0.25, 0.3) is 98.8 Å². The van der Waals surface area contributed by atoms with Crippen molar-refractivity contribution in [1.82, 2.24) is 0 Å². The van der Waals surface area contributed by atoms with Crippen LogP contribution in [0.1, 0.15) is 0 Å². The van der Waals surface area contributed by atoms with Crippen molar-refractivity contribution in [3.63, 3.8) is 0 Å². The molecular weight excluding hydrogens is 593 g/mol. The van der Waals surface area contributed by atoms with Crippen molar-refractivity contribution < 1.29 is 4.42 Å². The Morgan fingerprint density at radius 3 is 1.41 bits per heavy atom. The molecule has 1 nitrogen and oxygen atoms in total. The van der Waals surface area contributed by atoms with Gasteiger partial charge in [-0.05, 0) is 107 Å². The summed E-state index contributed by atoms with van der Waals surface area (Å²) in [5.41, 5.74) is 11.6. The van der Waals surface area contributed by atoms with Crippen molar-refractivity contribution in [3.05, 3.63) is 182 Å². The first kappa shape index (κ1) is 27.7. The predicted molar refractivity (Wildman–Crippen MR) is 208 cm³/mol. The fourth-order valence-corrected chi connectivity index (χ4v) is 7.81. The van der Waals surface area contributed by atoms with E-state index in [1.54, 1.807) is 0 Å². The molecule has 0 radical (unpaired) electrons. The van der Waals surface area contributed by atoms with Crippen LogP contribution in [0.15, 0.2) is 186 Å². The Hall–Kier alpha value is -6.44. The summed E-state index contributed by atoms with van der Waals surface area (Å²) in [6.45, 7) is 0. The van der Waals surface area contributed by atoms with Crippen LogP contribution in [0.2, 0.25) is 0 Å². The molecule has 10 aromatic rings. The molecule has 1 heteroatoms. The van der Waals surface area contributed by atoms with Gasteiger partial charge in [-0.2, -0.15) is 0 Å². The average molecular weight is 623 g/mol. The number of benzene rings is 9. The first-order valence-electron chi connectivity index (χ1n) is 16.8. The highest BCUT2D eigenvalue weighted by Gasteiger charge is 2.18. The quantitative estimate of drug-likeness (QED) is 0.178. The maximum Gasteiger partial charge on any atom is 0.135 e. The van der Waals surface area contributed by atoms with E-state index in [0.717, 1.165) is 21.9 Å². The van der Waals surface area contributed by atoms with Gasteiger partial charge in [-0.25, -0.2) is 0 Å². The van der Waals surface area contributed by atoms with E-state index in [4.69, 9.17) is 4.42 Å². The minimum atomic E-state index is 0.902. The third-order valence-electron chi connectivity index (χ3n) is 10.0. The van der Waals surface area contributed by atoms with Gasteiger partial charge in [0, 0.05) is 10.8 Å². The SMILES string of the molecule is c1ccc(-c2ccc3oc4ccc(-c5c6ccccc6c(-c6cccc(-c7cccc8ccccc78)c6)c6ccccc56)cc4c3c2)cc1. The molecule has 0 saturated heterocycles. The highest BCUT2D eigenvalue weighted by Crippen LogP contribution is 2.45. The number of hydrogen-bond donors (Lipinski definition) is 0. The molecule has 0 unspecified atom stereocenters. The number of fused-ring (bicyclic) bond motifs is 6. The summed E-state index contributed by atoms with van der Waals surface area (Å²) in [4.78, 5) is 0. The van der Waals surface area contributed by atoms with Crippen LogP contribution in [-0.2, 0) is 0 Å². The van der Waals surface area contributed by atoms with Crippen molar-refractivity contribution in [2.75, 3.05) is 0 Å². The van der Waals surface area contributed by atoms with Crippen molar-refractivity contribution >= 4 is 54.3 Å². The first-order chi connectivity index (χ1) is 24.3. The molecule has 0 aliphatic heterocycles. The van der Waals surface area contributed by atoms with Gasteiger partial charge < -0.3 is 4.42 Å². The van der Waals surface area contributed by atoms with Gasteiger partial charge >= 0.3 is 0 Å². The molecule has 9 aromatic carbocycles. The lowest BCUT2D eigenvalue weighted by Gasteiger charge is -2.18. The molecular formula is C48H30O. The standard InChI is InChI=1S/C48H30O/c1-2-12-31(13-3-1)33-24-26-45-43(29-33)44-30-36(25-27-46(44)49-45)48-41-21-8-6-19-39(41)47(40-20-7-9-22-42(40)48)35-17-10-16-34(28-35)38-23-11-15-32-14-4-5-18-37(32)38/h1-30H. The second-order valence-electron chi connectivity index (χ2n) is 12.8. The monoisotopic (exact) mass is 622 g/mol. The molecule has 0 aliphatic rings. The Balaban J connectivity index is 1.20. The van der Waals surface area contributed by atoms with E-state index in [0.29, 0.717) is 0 Å². The molecule has 49 heavy (non-hydrogen) atoms. The first-order valence-corrected chi connectivity index (χ1v) is 16.8. The van der Waals surface area contributed by atoms with E-state index in [2.05, 4.69) is 182 Å². The predicted octanol–water partition coefficient (Wildman–Crippen LogP) is 13.7. The summed E-state index contributed by atoms with van der Waals surface area (Å²) in [6.07, 6.45) is 0. The fourth-order valence-electron chi connectivity index (χ4n) is 7.81.